The van der Waals surface area contributed by atoms with E-state index < -0.39 is 11.9 Å². The Bertz CT molecular complexity index is 1170. The number of nitrogens with zero attached hydrogens (tertiary/aromatic N) is 1. The first-order chi connectivity index (χ1) is 18.0. The lowest BCUT2D eigenvalue weighted by atomic mass is 10.0. The maximum absolute atomic E-state index is 13.6. The molecule has 37 heavy (non-hydrogen) atoms. The Labute approximate surface area is 221 Å². The van der Waals surface area contributed by atoms with Gasteiger partial charge in [-0.05, 0) is 48.2 Å². The number of nitrogens with one attached hydrogen (secondary N) is 1. The first kappa shape index (κ1) is 26.6. The molecule has 2 atom stereocenters. The van der Waals surface area contributed by atoms with Crippen molar-refractivity contribution >= 4 is 23.4 Å². The third-order valence-corrected chi connectivity index (χ3v) is 6.57. The van der Waals surface area contributed by atoms with Gasteiger partial charge in [-0.1, -0.05) is 66.2 Å². The van der Waals surface area contributed by atoms with Crippen molar-refractivity contribution in [2.45, 2.75) is 38.0 Å². The quantitative estimate of drug-likeness (QED) is 0.391. The minimum Gasteiger partial charge on any atom is -0.482 e. The summed E-state index contributed by atoms with van der Waals surface area (Å²) in [5.41, 5.74) is 1.60. The van der Waals surface area contributed by atoms with Crippen LogP contribution in [-0.2, 0) is 27.3 Å². The second-order valence-electron chi connectivity index (χ2n) is 8.95. The number of hydrogen-bond acceptors (Lipinski definition) is 4. The third-order valence-electron chi connectivity index (χ3n) is 6.25. The maximum Gasteiger partial charge on any atom is 0.261 e. The van der Waals surface area contributed by atoms with Crippen molar-refractivity contribution in [3.8, 4) is 5.75 Å². The normalized spacial score (nSPS) is 15.7. The molecule has 194 valence electrons. The number of benzene rings is 3. The molecular formula is C29H30ClFN2O4. The molecular weight excluding hydrogens is 495 g/mol. The van der Waals surface area contributed by atoms with Crippen LogP contribution in [0.25, 0.3) is 0 Å². The Morgan fingerprint density at radius 1 is 1.03 bits per heavy atom. The van der Waals surface area contributed by atoms with E-state index in [0.29, 0.717) is 35.9 Å². The van der Waals surface area contributed by atoms with E-state index in [-0.39, 0.29) is 31.0 Å². The second-order valence-corrected chi connectivity index (χ2v) is 9.36. The molecule has 3 aromatic carbocycles. The van der Waals surface area contributed by atoms with Crippen molar-refractivity contribution in [3.63, 3.8) is 0 Å². The topological polar surface area (TPSA) is 67.9 Å². The van der Waals surface area contributed by atoms with Gasteiger partial charge in [-0.3, -0.25) is 9.59 Å². The molecule has 0 unspecified atom stereocenters. The summed E-state index contributed by atoms with van der Waals surface area (Å²) in [5, 5.41) is 3.36. The van der Waals surface area contributed by atoms with Crippen LogP contribution >= 0.6 is 11.6 Å². The zero-order chi connectivity index (χ0) is 26.0. The van der Waals surface area contributed by atoms with E-state index in [1.807, 2.05) is 30.3 Å². The fourth-order valence-corrected chi connectivity index (χ4v) is 4.45. The van der Waals surface area contributed by atoms with E-state index in [0.717, 1.165) is 18.4 Å². The molecule has 0 radical (unpaired) electrons. The smallest absolute Gasteiger partial charge is 0.261 e. The fourth-order valence-electron chi connectivity index (χ4n) is 4.26. The maximum atomic E-state index is 13.6. The Morgan fingerprint density at radius 2 is 1.76 bits per heavy atom. The Morgan fingerprint density at radius 3 is 2.46 bits per heavy atom. The fraction of sp³-hybridized carbons (Fsp3) is 0.310. The lowest BCUT2D eigenvalue weighted by Gasteiger charge is -2.32. The molecule has 1 aliphatic rings. The van der Waals surface area contributed by atoms with E-state index in [1.165, 1.54) is 17.0 Å². The Hall–Kier alpha value is -3.42. The van der Waals surface area contributed by atoms with E-state index >= 15 is 0 Å². The van der Waals surface area contributed by atoms with Gasteiger partial charge in [0.15, 0.2) is 6.61 Å². The van der Waals surface area contributed by atoms with Crippen molar-refractivity contribution in [1.29, 1.82) is 0 Å². The van der Waals surface area contributed by atoms with E-state index in [9.17, 15) is 14.0 Å². The van der Waals surface area contributed by atoms with Crippen LogP contribution in [0, 0.1) is 5.82 Å². The second kappa shape index (κ2) is 13.2. The van der Waals surface area contributed by atoms with Gasteiger partial charge in [0.05, 0.1) is 11.1 Å². The summed E-state index contributed by atoms with van der Waals surface area (Å²) in [5.74, 6) is -0.675. The van der Waals surface area contributed by atoms with E-state index in [4.69, 9.17) is 21.1 Å². The number of amides is 2. The van der Waals surface area contributed by atoms with Crippen molar-refractivity contribution < 1.29 is 23.5 Å². The average molecular weight is 525 g/mol. The summed E-state index contributed by atoms with van der Waals surface area (Å²) in [6, 6.07) is 21.5. The molecule has 0 spiro atoms. The largest absolute Gasteiger partial charge is 0.482 e. The molecule has 0 aromatic heterocycles. The molecule has 6 nitrogen and oxygen atoms in total. The number of ether oxygens (including phenoxy) is 2. The van der Waals surface area contributed by atoms with Crippen molar-refractivity contribution in [2.75, 3.05) is 19.8 Å². The number of halogens is 2. The van der Waals surface area contributed by atoms with Crippen LogP contribution < -0.4 is 10.1 Å². The Kier molecular flexibility index (Phi) is 9.52. The van der Waals surface area contributed by atoms with Crippen molar-refractivity contribution in [3.05, 3.63) is 101 Å². The highest BCUT2D eigenvalue weighted by molar-refractivity contribution is 6.32. The highest BCUT2D eigenvalue weighted by Gasteiger charge is 2.31. The van der Waals surface area contributed by atoms with Crippen LogP contribution in [0.1, 0.15) is 24.0 Å². The highest BCUT2D eigenvalue weighted by atomic mass is 35.5. The molecule has 8 heteroatoms. The van der Waals surface area contributed by atoms with Crippen LogP contribution in [0.15, 0.2) is 78.9 Å². The average Bonchev–Trinajstić information content (AvgIpc) is 3.44. The number of para-hydroxylation sites is 1. The van der Waals surface area contributed by atoms with Gasteiger partial charge in [0.2, 0.25) is 5.91 Å². The van der Waals surface area contributed by atoms with E-state index in [2.05, 4.69) is 5.32 Å². The van der Waals surface area contributed by atoms with Crippen LogP contribution in [-0.4, -0.2) is 48.6 Å². The number of carbonyl (C=O) groups excluding carboxylic acids is 2. The predicted molar refractivity (Wildman–Crippen MR) is 140 cm³/mol. The number of carbonyl (C=O) groups is 2. The van der Waals surface area contributed by atoms with Gasteiger partial charge < -0.3 is 19.7 Å². The van der Waals surface area contributed by atoms with Crippen LogP contribution in [0.5, 0.6) is 5.75 Å². The molecule has 1 aliphatic heterocycles. The molecule has 2 amide bonds. The van der Waals surface area contributed by atoms with E-state index in [1.54, 1.807) is 36.4 Å². The highest BCUT2D eigenvalue weighted by Crippen LogP contribution is 2.23. The van der Waals surface area contributed by atoms with Gasteiger partial charge in [-0.15, -0.1) is 0 Å². The van der Waals surface area contributed by atoms with Gasteiger partial charge in [-0.25, -0.2) is 4.39 Å². The zero-order valence-corrected chi connectivity index (χ0v) is 21.2. The minimum absolute atomic E-state index is 0.0360. The van der Waals surface area contributed by atoms with Gasteiger partial charge in [0.1, 0.15) is 17.6 Å². The van der Waals surface area contributed by atoms with Gasteiger partial charge in [0.25, 0.3) is 5.91 Å². The molecule has 4 rings (SSSR count). The van der Waals surface area contributed by atoms with Gasteiger partial charge in [-0.2, -0.15) is 0 Å². The SMILES string of the molecule is O=C(NC[C@@H]1CCCO1)[C@@H](Cc1ccccc1)N(Cc1ccc(F)cc1)C(=O)COc1ccccc1Cl. The molecule has 1 heterocycles. The molecule has 1 N–H and O–H groups in total. The zero-order valence-electron chi connectivity index (χ0n) is 20.4. The predicted octanol–water partition coefficient (Wildman–Crippen LogP) is 4.79. The van der Waals surface area contributed by atoms with Gasteiger partial charge >= 0.3 is 0 Å². The van der Waals surface area contributed by atoms with Gasteiger partial charge in [0, 0.05) is 26.1 Å². The molecule has 0 bridgehead atoms. The minimum atomic E-state index is -0.823. The van der Waals surface area contributed by atoms with Crippen LogP contribution in [0.4, 0.5) is 4.39 Å². The molecule has 0 saturated carbocycles. The molecule has 1 saturated heterocycles. The first-order valence-electron chi connectivity index (χ1n) is 12.3. The van der Waals surface area contributed by atoms with Crippen molar-refractivity contribution in [1.82, 2.24) is 10.2 Å². The summed E-state index contributed by atoms with van der Waals surface area (Å²) in [4.78, 5) is 28.6. The monoisotopic (exact) mass is 524 g/mol. The number of rotatable bonds is 11. The third kappa shape index (κ3) is 7.78. The summed E-state index contributed by atoms with van der Waals surface area (Å²) in [7, 11) is 0. The lowest BCUT2D eigenvalue weighted by Crippen LogP contribution is -2.52. The summed E-state index contributed by atoms with van der Waals surface area (Å²) >= 11 is 6.19. The molecule has 1 fully saturated rings. The summed E-state index contributed by atoms with van der Waals surface area (Å²) in [6.07, 6.45) is 2.11. The number of hydrogen-bond donors (Lipinski definition) is 1. The van der Waals surface area contributed by atoms with Crippen molar-refractivity contribution in [2.24, 2.45) is 0 Å². The standard InChI is InChI=1S/C29H30ClFN2O4/c30-25-10-4-5-11-27(25)37-20-28(34)33(19-22-12-14-23(31)15-13-22)26(17-21-7-2-1-3-8-21)29(35)32-18-24-9-6-16-36-24/h1-5,7-8,10-15,24,26H,6,9,16-20H2,(H,32,35)/t24-,26+/m0/s1. The Balaban J connectivity index is 1.58. The lowest BCUT2D eigenvalue weighted by molar-refractivity contribution is -0.143. The summed E-state index contributed by atoms with van der Waals surface area (Å²) < 4.78 is 24.9. The molecule has 0 aliphatic carbocycles. The first-order valence-corrected chi connectivity index (χ1v) is 12.7. The van der Waals surface area contributed by atoms with Crippen LogP contribution in [0.3, 0.4) is 0 Å². The molecule has 3 aromatic rings. The van der Waals surface area contributed by atoms with Crippen LogP contribution in [0.2, 0.25) is 5.02 Å². The summed E-state index contributed by atoms with van der Waals surface area (Å²) in [6.45, 7) is 0.854.